The molecule has 4 heteroatoms. The third-order valence-corrected chi connectivity index (χ3v) is 3.74. The highest BCUT2D eigenvalue weighted by atomic mass is 79.9. The van der Waals surface area contributed by atoms with Crippen LogP contribution in [-0.2, 0) is 13.1 Å². The maximum absolute atomic E-state index is 4.21. The Kier molecular flexibility index (Phi) is 4.36. The number of hydrogen-bond acceptors (Lipinski definition) is 2. The number of halogens is 1. The van der Waals surface area contributed by atoms with Crippen LogP contribution in [-0.4, -0.2) is 9.78 Å². The molecule has 21 heavy (non-hydrogen) atoms. The Balaban J connectivity index is 1.59. The Labute approximate surface area is 132 Å². The SMILES string of the molecule is Brc1cccc(CNc2ccc(Cn3cccn3)cc2)c1. The van der Waals surface area contributed by atoms with E-state index in [2.05, 4.69) is 62.7 Å². The van der Waals surface area contributed by atoms with Crippen LogP contribution in [0.5, 0.6) is 0 Å². The lowest BCUT2D eigenvalue weighted by Crippen LogP contribution is -2.01. The first-order chi connectivity index (χ1) is 10.3. The number of benzene rings is 2. The molecule has 3 nitrogen and oxygen atoms in total. The molecule has 0 spiro atoms. The molecule has 0 unspecified atom stereocenters. The average Bonchev–Trinajstić information content (AvgIpc) is 3.00. The fraction of sp³-hybridized carbons (Fsp3) is 0.118. The van der Waals surface area contributed by atoms with Gasteiger partial charge in [0.05, 0.1) is 6.54 Å². The summed E-state index contributed by atoms with van der Waals surface area (Å²) in [6.07, 6.45) is 3.77. The van der Waals surface area contributed by atoms with E-state index in [1.54, 1.807) is 6.20 Å². The minimum Gasteiger partial charge on any atom is -0.381 e. The maximum Gasteiger partial charge on any atom is 0.0659 e. The predicted molar refractivity (Wildman–Crippen MR) is 89.2 cm³/mol. The Hall–Kier alpha value is -2.07. The van der Waals surface area contributed by atoms with Gasteiger partial charge in [-0.3, -0.25) is 4.68 Å². The average molecular weight is 342 g/mol. The van der Waals surface area contributed by atoms with Crippen molar-refractivity contribution in [3.63, 3.8) is 0 Å². The molecule has 0 aliphatic heterocycles. The molecule has 3 aromatic rings. The van der Waals surface area contributed by atoms with Crippen molar-refractivity contribution in [2.24, 2.45) is 0 Å². The third-order valence-electron chi connectivity index (χ3n) is 3.24. The molecule has 0 amide bonds. The summed E-state index contributed by atoms with van der Waals surface area (Å²) in [5.74, 6) is 0. The highest BCUT2D eigenvalue weighted by Crippen LogP contribution is 2.15. The van der Waals surface area contributed by atoms with Crippen LogP contribution in [0.2, 0.25) is 0 Å². The second-order valence-electron chi connectivity index (χ2n) is 4.88. The molecule has 2 aromatic carbocycles. The normalized spacial score (nSPS) is 10.5. The topological polar surface area (TPSA) is 29.9 Å². The molecule has 0 atom stereocenters. The van der Waals surface area contributed by atoms with Crippen molar-refractivity contribution in [1.29, 1.82) is 0 Å². The Bertz CT molecular complexity index is 690. The van der Waals surface area contributed by atoms with Crippen molar-refractivity contribution in [3.05, 3.63) is 82.6 Å². The Morgan fingerprint density at radius 2 is 1.86 bits per heavy atom. The van der Waals surface area contributed by atoms with E-state index in [1.165, 1.54) is 11.1 Å². The summed E-state index contributed by atoms with van der Waals surface area (Å²) in [5.41, 5.74) is 3.62. The smallest absolute Gasteiger partial charge is 0.0659 e. The van der Waals surface area contributed by atoms with Crippen molar-refractivity contribution in [2.45, 2.75) is 13.1 Å². The zero-order valence-electron chi connectivity index (χ0n) is 11.5. The van der Waals surface area contributed by atoms with Crippen LogP contribution in [0.3, 0.4) is 0 Å². The lowest BCUT2D eigenvalue weighted by atomic mass is 10.2. The molecule has 1 N–H and O–H groups in total. The van der Waals surface area contributed by atoms with Crippen molar-refractivity contribution in [2.75, 3.05) is 5.32 Å². The molecule has 1 heterocycles. The lowest BCUT2D eigenvalue weighted by Gasteiger charge is -2.08. The summed E-state index contributed by atoms with van der Waals surface area (Å²) in [5, 5.41) is 7.65. The van der Waals surface area contributed by atoms with Crippen LogP contribution in [0.15, 0.2) is 71.5 Å². The standard InChI is InChI=1S/C17H16BrN3/c18-16-4-1-3-15(11-16)12-19-17-7-5-14(6-8-17)13-21-10-2-9-20-21/h1-11,19H,12-13H2. The van der Waals surface area contributed by atoms with Crippen LogP contribution >= 0.6 is 15.9 Å². The first kappa shape index (κ1) is 13.9. The molecule has 106 valence electrons. The summed E-state index contributed by atoms with van der Waals surface area (Å²) < 4.78 is 3.03. The summed E-state index contributed by atoms with van der Waals surface area (Å²) >= 11 is 3.49. The van der Waals surface area contributed by atoms with Gasteiger partial charge < -0.3 is 5.32 Å². The number of nitrogens with zero attached hydrogens (tertiary/aromatic N) is 2. The van der Waals surface area contributed by atoms with Crippen LogP contribution < -0.4 is 5.32 Å². The number of hydrogen-bond donors (Lipinski definition) is 1. The van der Waals surface area contributed by atoms with E-state index in [0.717, 1.165) is 23.2 Å². The largest absolute Gasteiger partial charge is 0.381 e. The Morgan fingerprint density at radius 1 is 1.00 bits per heavy atom. The highest BCUT2D eigenvalue weighted by Gasteiger charge is 1.98. The van der Waals surface area contributed by atoms with E-state index in [1.807, 2.05) is 29.1 Å². The van der Waals surface area contributed by atoms with Crippen LogP contribution in [0.25, 0.3) is 0 Å². The van der Waals surface area contributed by atoms with E-state index in [0.29, 0.717) is 0 Å². The van der Waals surface area contributed by atoms with Gasteiger partial charge in [-0.2, -0.15) is 5.10 Å². The van der Waals surface area contributed by atoms with Gasteiger partial charge >= 0.3 is 0 Å². The monoisotopic (exact) mass is 341 g/mol. The molecular formula is C17H16BrN3. The molecule has 3 rings (SSSR count). The van der Waals surface area contributed by atoms with Crippen molar-refractivity contribution >= 4 is 21.6 Å². The second kappa shape index (κ2) is 6.59. The third kappa shape index (κ3) is 3.95. The number of nitrogens with one attached hydrogen (secondary N) is 1. The van der Waals surface area contributed by atoms with Gasteiger partial charge in [0.1, 0.15) is 0 Å². The van der Waals surface area contributed by atoms with Crippen molar-refractivity contribution in [1.82, 2.24) is 9.78 Å². The fourth-order valence-electron chi connectivity index (χ4n) is 2.16. The molecule has 0 radical (unpaired) electrons. The number of aromatic nitrogens is 2. The molecule has 0 aliphatic rings. The molecule has 0 bridgehead atoms. The summed E-state index contributed by atoms with van der Waals surface area (Å²) in [4.78, 5) is 0. The second-order valence-corrected chi connectivity index (χ2v) is 5.80. The molecule has 1 aromatic heterocycles. The Morgan fingerprint density at radius 3 is 2.57 bits per heavy atom. The molecular weight excluding hydrogens is 326 g/mol. The number of rotatable bonds is 5. The predicted octanol–water partition coefficient (Wildman–Crippen LogP) is 4.31. The maximum atomic E-state index is 4.21. The van der Waals surface area contributed by atoms with Gasteiger partial charge in [-0.25, -0.2) is 0 Å². The van der Waals surface area contributed by atoms with Gasteiger partial charge in [-0.05, 0) is 41.5 Å². The van der Waals surface area contributed by atoms with Gasteiger partial charge in [-0.15, -0.1) is 0 Å². The first-order valence-electron chi connectivity index (χ1n) is 6.84. The fourth-order valence-corrected chi connectivity index (χ4v) is 2.61. The van der Waals surface area contributed by atoms with Crippen LogP contribution in [0, 0.1) is 0 Å². The zero-order chi connectivity index (χ0) is 14.5. The van der Waals surface area contributed by atoms with Gasteiger partial charge in [0.2, 0.25) is 0 Å². The van der Waals surface area contributed by atoms with E-state index in [9.17, 15) is 0 Å². The van der Waals surface area contributed by atoms with E-state index < -0.39 is 0 Å². The molecule has 0 aliphatic carbocycles. The van der Waals surface area contributed by atoms with Gasteiger partial charge in [0, 0.05) is 29.1 Å². The van der Waals surface area contributed by atoms with E-state index in [-0.39, 0.29) is 0 Å². The molecule has 0 fully saturated rings. The summed E-state index contributed by atoms with van der Waals surface area (Å²) in [6, 6.07) is 18.7. The first-order valence-corrected chi connectivity index (χ1v) is 7.63. The van der Waals surface area contributed by atoms with Crippen LogP contribution in [0.4, 0.5) is 5.69 Å². The molecule has 0 saturated carbocycles. The van der Waals surface area contributed by atoms with E-state index >= 15 is 0 Å². The summed E-state index contributed by atoms with van der Waals surface area (Å²) in [7, 11) is 0. The highest BCUT2D eigenvalue weighted by molar-refractivity contribution is 9.10. The minimum absolute atomic E-state index is 0.804. The van der Waals surface area contributed by atoms with Gasteiger partial charge in [0.25, 0.3) is 0 Å². The number of anilines is 1. The van der Waals surface area contributed by atoms with Gasteiger partial charge in [0.15, 0.2) is 0 Å². The molecule has 0 saturated heterocycles. The van der Waals surface area contributed by atoms with Crippen LogP contribution in [0.1, 0.15) is 11.1 Å². The minimum atomic E-state index is 0.804. The summed E-state index contributed by atoms with van der Waals surface area (Å²) in [6.45, 7) is 1.62. The zero-order valence-corrected chi connectivity index (χ0v) is 13.1. The van der Waals surface area contributed by atoms with Crippen molar-refractivity contribution < 1.29 is 0 Å². The van der Waals surface area contributed by atoms with Crippen molar-refractivity contribution in [3.8, 4) is 0 Å². The van der Waals surface area contributed by atoms with E-state index in [4.69, 9.17) is 0 Å². The van der Waals surface area contributed by atoms with Gasteiger partial charge in [-0.1, -0.05) is 40.2 Å². The quantitative estimate of drug-likeness (QED) is 0.749. The lowest BCUT2D eigenvalue weighted by molar-refractivity contribution is 0.687.